The number of nitrogens with zero attached hydrogens (tertiary/aromatic N) is 2. The Balaban J connectivity index is 1.11. The normalized spacial score (nSPS) is 10.7. The van der Waals surface area contributed by atoms with Crippen molar-refractivity contribution in [3.05, 3.63) is 120 Å². The van der Waals surface area contributed by atoms with Crippen LogP contribution in [0, 0.1) is 13.8 Å². The minimum absolute atomic E-state index is 0.167. The first-order chi connectivity index (χ1) is 26.1. The molecule has 0 bridgehead atoms. The van der Waals surface area contributed by atoms with Crippen LogP contribution in [0.3, 0.4) is 0 Å². The summed E-state index contributed by atoms with van der Waals surface area (Å²) in [5.41, 5.74) is 2.39. The minimum atomic E-state index is -0.537. The van der Waals surface area contributed by atoms with E-state index in [1.54, 1.807) is 87.6 Å². The maximum Gasteiger partial charge on any atom is 0.343 e. The monoisotopic (exact) mass is 743 g/mol. The van der Waals surface area contributed by atoms with Crippen molar-refractivity contribution < 1.29 is 56.8 Å². The molecular formula is C41H47N2O11+. The summed E-state index contributed by atoms with van der Waals surface area (Å²) in [6.45, 7) is 16.2. The lowest BCUT2D eigenvalue weighted by Crippen LogP contribution is -2.34. The van der Waals surface area contributed by atoms with Gasteiger partial charge in [0.15, 0.2) is 0 Å². The van der Waals surface area contributed by atoms with Gasteiger partial charge in [0, 0.05) is 5.57 Å². The summed E-state index contributed by atoms with van der Waals surface area (Å²) < 4.78 is 47.9. The van der Waals surface area contributed by atoms with Gasteiger partial charge in [-0.3, -0.25) is 0 Å². The molecule has 0 aliphatic rings. The van der Waals surface area contributed by atoms with Gasteiger partial charge < -0.3 is 37.9 Å². The van der Waals surface area contributed by atoms with Crippen LogP contribution in [-0.4, -0.2) is 81.9 Å². The van der Waals surface area contributed by atoms with E-state index in [9.17, 15) is 14.4 Å². The fourth-order valence-electron chi connectivity index (χ4n) is 4.68. The van der Waals surface area contributed by atoms with Gasteiger partial charge in [0.2, 0.25) is 6.33 Å². The zero-order valence-electron chi connectivity index (χ0n) is 31.0. The van der Waals surface area contributed by atoms with Gasteiger partial charge in [0.05, 0.1) is 57.0 Å². The summed E-state index contributed by atoms with van der Waals surface area (Å²) in [5, 5.41) is 0. The second kappa shape index (κ2) is 21.7. The van der Waals surface area contributed by atoms with E-state index < -0.39 is 17.9 Å². The molecule has 0 unspecified atom stereocenters. The van der Waals surface area contributed by atoms with E-state index in [2.05, 4.69) is 13.2 Å². The maximum atomic E-state index is 12.9. The highest BCUT2D eigenvalue weighted by atomic mass is 16.6. The number of rotatable bonds is 23. The number of imidazole rings is 1. The zero-order valence-corrected chi connectivity index (χ0v) is 31.0. The van der Waals surface area contributed by atoms with Crippen LogP contribution in [0.25, 0.3) is 6.20 Å². The summed E-state index contributed by atoms with van der Waals surface area (Å²) in [6.07, 6.45) is 7.44. The summed E-state index contributed by atoms with van der Waals surface area (Å²) in [6, 6.07) is 16.6. The quantitative estimate of drug-likeness (QED) is 0.0311. The van der Waals surface area contributed by atoms with Crippen molar-refractivity contribution in [3.63, 3.8) is 0 Å². The second-order valence-electron chi connectivity index (χ2n) is 11.9. The smallest absolute Gasteiger partial charge is 0.343 e. The standard InChI is InChI=1S/C41H47N2O11/c1-6-42-17-18-43(29-42)19-20-50-35-11-7-33(8-12-35)40(45)53-37-15-16-38(32(5)31(37)4)54-41(46)34-9-13-36(14-10-34)51-27-25-48-23-21-47-22-24-49-26-28-52-39(44)30(2)3/h6-18,29H,1-2,19-28H2,3-5H3/q+1. The van der Waals surface area contributed by atoms with E-state index in [0.717, 1.165) is 0 Å². The van der Waals surface area contributed by atoms with Crippen molar-refractivity contribution in [2.75, 3.05) is 59.5 Å². The molecule has 0 aliphatic carbocycles. The molecule has 54 heavy (non-hydrogen) atoms. The molecule has 1 heterocycles. The van der Waals surface area contributed by atoms with Gasteiger partial charge >= 0.3 is 17.9 Å². The largest absolute Gasteiger partial charge is 0.491 e. The molecule has 4 rings (SSSR count). The summed E-state index contributed by atoms with van der Waals surface area (Å²) >= 11 is 0. The Labute approximate surface area is 315 Å². The van der Waals surface area contributed by atoms with Crippen molar-refractivity contribution >= 4 is 24.1 Å². The molecule has 0 saturated heterocycles. The molecular weight excluding hydrogens is 696 g/mol. The van der Waals surface area contributed by atoms with E-state index >= 15 is 0 Å². The number of carbonyl (C=O) groups excluding carboxylic acids is 3. The minimum Gasteiger partial charge on any atom is -0.491 e. The van der Waals surface area contributed by atoms with E-state index in [-0.39, 0.29) is 13.2 Å². The predicted octanol–water partition coefficient (Wildman–Crippen LogP) is 5.56. The number of esters is 3. The number of aromatic nitrogens is 2. The highest BCUT2D eigenvalue weighted by Gasteiger charge is 2.17. The average Bonchev–Trinajstić information content (AvgIpc) is 3.64. The zero-order chi connectivity index (χ0) is 38.7. The molecule has 13 heteroatoms. The molecule has 0 N–H and O–H groups in total. The molecule has 13 nitrogen and oxygen atoms in total. The molecule has 286 valence electrons. The number of ether oxygens (including phenoxy) is 8. The van der Waals surface area contributed by atoms with Crippen LogP contribution < -0.4 is 23.5 Å². The van der Waals surface area contributed by atoms with Crippen LogP contribution in [0.5, 0.6) is 23.0 Å². The fraction of sp³-hybridized carbons (Fsp3) is 0.317. The number of benzene rings is 3. The third kappa shape index (κ3) is 13.3. The molecule has 0 aliphatic heterocycles. The van der Waals surface area contributed by atoms with Crippen molar-refractivity contribution in [2.45, 2.75) is 27.3 Å². The van der Waals surface area contributed by atoms with Gasteiger partial charge in [-0.25, -0.2) is 23.5 Å². The van der Waals surface area contributed by atoms with Gasteiger partial charge in [-0.1, -0.05) is 13.2 Å². The Morgan fingerprint density at radius 3 is 1.59 bits per heavy atom. The molecule has 0 atom stereocenters. The van der Waals surface area contributed by atoms with E-state index in [0.29, 0.717) is 104 Å². The molecule has 3 aromatic carbocycles. The van der Waals surface area contributed by atoms with E-state index in [4.69, 9.17) is 37.9 Å². The van der Waals surface area contributed by atoms with Crippen LogP contribution in [0.15, 0.2) is 98.1 Å². The van der Waals surface area contributed by atoms with Gasteiger partial charge in [0.1, 0.15) is 61.8 Å². The number of carbonyl (C=O) groups is 3. The molecule has 0 fully saturated rings. The first-order valence-electron chi connectivity index (χ1n) is 17.4. The lowest BCUT2D eigenvalue weighted by Gasteiger charge is -2.14. The third-order valence-corrected chi connectivity index (χ3v) is 7.86. The molecule has 0 spiro atoms. The SMILES string of the molecule is C=Cn1cc[n+](CCOc2ccc(C(=O)Oc3ccc(OC(=O)c4ccc(OCCOCCOCCOCCOC(=O)C(=C)C)cc4)c(C)c3C)cc2)c1. The number of hydrogen-bond donors (Lipinski definition) is 0. The second-order valence-corrected chi connectivity index (χ2v) is 11.9. The highest BCUT2D eigenvalue weighted by molar-refractivity contribution is 5.92. The molecule has 0 amide bonds. The van der Waals surface area contributed by atoms with Crippen LogP contribution in [0.2, 0.25) is 0 Å². The summed E-state index contributed by atoms with van der Waals surface area (Å²) in [5.74, 6) is 0.439. The molecule has 0 saturated carbocycles. The van der Waals surface area contributed by atoms with Crippen LogP contribution in [0.4, 0.5) is 0 Å². The number of hydrogen-bond acceptors (Lipinski definition) is 11. The van der Waals surface area contributed by atoms with Crippen LogP contribution in [-0.2, 0) is 30.3 Å². The summed E-state index contributed by atoms with van der Waals surface area (Å²) in [7, 11) is 0. The third-order valence-electron chi connectivity index (χ3n) is 7.86. The Morgan fingerprint density at radius 1 is 0.667 bits per heavy atom. The Bertz CT molecular complexity index is 1850. The maximum absolute atomic E-state index is 12.9. The summed E-state index contributed by atoms with van der Waals surface area (Å²) in [4.78, 5) is 37.1. The van der Waals surface area contributed by atoms with Gasteiger partial charge in [-0.15, -0.1) is 0 Å². The van der Waals surface area contributed by atoms with Crippen molar-refractivity contribution in [1.29, 1.82) is 0 Å². The first-order valence-corrected chi connectivity index (χ1v) is 17.4. The van der Waals surface area contributed by atoms with Crippen LogP contribution >= 0.6 is 0 Å². The van der Waals surface area contributed by atoms with Gasteiger partial charge in [-0.2, -0.15) is 0 Å². The highest BCUT2D eigenvalue weighted by Crippen LogP contribution is 2.30. The lowest BCUT2D eigenvalue weighted by atomic mass is 10.1. The molecule has 4 aromatic rings. The Hall–Kier alpha value is -5.76. The van der Waals surface area contributed by atoms with Gasteiger partial charge in [-0.05, 0) is 92.6 Å². The first kappa shape index (κ1) is 41.0. The van der Waals surface area contributed by atoms with Crippen molar-refractivity contribution in [1.82, 2.24) is 4.57 Å². The van der Waals surface area contributed by atoms with E-state index in [1.807, 2.05) is 27.9 Å². The Kier molecular flexibility index (Phi) is 16.5. The predicted molar refractivity (Wildman–Crippen MR) is 199 cm³/mol. The van der Waals surface area contributed by atoms with Crippen molar-refractivity contribution in [3.8, 4) is 23.0 Å². The average molecular weight is 744 g/mol. The molecule has 1 aromatic heterocycles. The molecule has 0 radical (unpaired) electrons. The topological polar surface area (TPSA) is 134 Å². The fourth-order valence-corrected chi connectivity index (χ4v) is 4.68. The van der Waals surface area contributed by atoms with Gasteiger partial charge in [0.25, 0.3) is 0 Å². The lowest BCUT2D eigenvalue weighted by molar-refractivity contribution is -0.696. The van der Waals surface area contributed by atoms with Crippen molar-refractivity contribution in [2.24, 2.45) is 0 Å². The van der Waals surface area contributed by atoms with Crippen LogP contribution in [0.1, 0.15) is 38.8 Å². The Morgan fingerprint density at radius 2 is 1.13 bits per heavy atom. The van der Waals surface area contributed by atoms with E-state index in [1.165, 1.54) is 0 Å².